The zero-order chi connectivity index (χ0) is 19.4. The van der Waals surface area contributed by atoms with Gasteiger partial charge in [-0.3, -0.25) is 4.79 Å². The van der Waals surface area contributed by atoms with Crippen molar-refractivity contribution >= 4 is 5.91 Å². The molecular formula is C25H34N2O. The van der Waals surface area contributed by atoms with E-state index in [0.29, 0.717) is 29.7 Å². The van der Waals surface area contributed by atoms with Crippen LogP contribution in [0.25, 0.3) is 0 Å². The van der Waals surface area contributed by atoms with Crippen LogP contribution in [-0.2, 0) is 10.2 Å². The Kier molecular flexibility index (Phi) is 4.42. The third kappa shape index (κ3) is 2.85. The number of carbonyl (C=O) groups excluding carboxylic acids is 1. The van der Waals surface area contributed by atoms with E-state index in [1.807, 2.05) is 0 Å². The predicted octanol–water partition coefficient (Wildman–Crippen LogP) is 4.32. The number of nitrogens with one attached hydrogen (secondary N) is 1. The van der Waals surface area contributed by atoms with Gasteiger partial charge in [0.25, 0.3) is 0 Å². The second-order valence-corrected chi connectivity index (χ2v) is 10.3. The van der Waals surface area contributed by atoms with Gasteiger partial charge in [-0.05, 0) is 93.1 Å². The fourth-order valence-corrected chi connectivity index (χ4v) is 7.27. The minimum atomic E-state index is -0.187. The number of amides is 1. The Morgan fingerprint density at radius 3 is 2.29 bits per heavy atom. The van der Waals surface area contributed by atoms with Crippen LogP contribution in [0.5, 0.6) is 0 Å². The summed E-state index contributed by atoms with van der Waals surface area (Å²) in [5, 5.41) is 3.49. The Morgan fingerprint density at radius 1 is 1.04 bits per heavy atom. The van der Waals surface area contributed by atoms with Gasteiger partial charge in [0.05, 0.1) is 5.41 Å². The van der Waals surface area contributed by atoms with Crippen molar-refractivity contribution in [2.75, 3.05) is 6.54 Å². The van der Waals surface area contributed by atoms with Gasteiger partial charge >= 0.3 is 0 Å². The number of allylic oxidation sites excluding steroid dienone is 1. The average molecular weight is 379 g/mol. The first-order valence-electron chi connectivity index (χ1n) is 11.3. The molecule has 5 aliphatic carbocycles. The smallest absolute Gasteiger partial charge is 0.226 e. The molecule has 0 aliphatic heterocycles. The largest absolute Gasteiger partial charge is 0.353 e. The molecule has 150 valence electrons. The fourth-order valence-electron chi connectivity index (χ4n) is 7.27. The lowest BCUT2D eigenvalue weighted by molar-refractivity contribution is -0.145. The van der Waals surface area contributed by atoms with E-state index in [-0.39, 0.29) is 10.8 Å². The third-order valence-corrected chi connectivity index (χ3v) is 8.66. The van der Waals surface area contributed by atoms with Gasteiger partial charge in [0.2, 0.25) is 5.91 Å². The Balaban J connectivity index is 1.39. The zero-order valence-corrected chi connectivity index (χ0v) is 17.0. The lowest BCUT2D eigenvalue weighted by Gasteiger charge is -2.62. The molecule has 1 aromatic carbocycles. The fraction of sp³-hybridized carbons (Fsp3) is 0.640. The molecule has 5 fully saturated rings. The van der Waals surface area contributed by atoms with Crippen LogP contribution in [0, 0.1) is 23.2 Å². The van der Waals surface area contributed by atoms with Gasteiger partial charge in [0, 0.05) is 6.04 Å². The Labute approximate surface area is 169 Å². The first-order valence-corrected chi connectivity index (χ1v) is 11.3. The summed E-state index contributed by atoms with van der Waals surface area (Å²) in [6, 6.07) is 11.3. The number of hydrogen-bond acceptors (Lipinski definition) is 2. The molecule has 5 aliphatic rings. The van der Waals surface area contributed by atoms with Gasteiger partial charge in [-0.2, -0.15) is 0 Å². The third-order valence-electron chi connectivity index (χ3n) is 8.66. The minimum Gasteiger partial charge on any atom is -0.353 e. The van der Waals surface area contributed by atoms with Crippen molar-refractivity contribution in [1.82, 2.24) is 5.32 Å². The number of nitrogens with two attached hydrogens (primary N) is 1. The van der Waals surface area contributed by atoms with E-state index in [2.05, 4.69) is 42.2 Å². The van der Waals surface area contributed by atoms with Gasteiger partial charge in [-0.1, -0.05) is 42.5 Å². The highest BCUT2D eigenvalue weighted by molar-refractivity contribution is 5.84. The highest BCUT2D eigenvalue weighted by atomic mass is 16.2. The van der Waals surface area contributed by atoms with Crippen molar-refractivity contribution in [3.05, 3.63) is 48.0 Å². The number of carbonyl (C=O) groups is 1. The molecule has 3 N–H and O–H groups in total. The first-order chi connectivity index (χ1) is 13.5. The molecule has 0 aromatic heterocycles. The monoisotopic (exact) mass is 378 g/mol. The van der Waals surface area contributed by atoms with Crippen molar-refractivity contribution in [2.45, 2.75) is 69.2 Å². The second kappa shape index (κ2) is 6.73. The molecule has 1 amide bonds. The maximum Gasteiger partial charge on any atom is 0.226 e. The summed E-state index contributed by atoms with van der Waals surface area (Å²) < 4.78 is 0. The zero-order valence-electron chi connectivity index (χ0n) is 17.0. The van der Waals surface area contributed by atoms with Crippen LogP contribution in [0.2, 0.25) is 0 Å². The Morgan fingerprint density at radius 2 is 1.68 bits per heavy atom. The predicted molar refractivity (Wildman–Crippen MR) is 113 cm³/mol. The molecule has 0 radical (unpaired) electrons. The quantitative estimate of drug-likeness (QED) is 0.767. The molecule has 2 atom stereocenters. The summed E-state index contributed by atoms with van der Waals surface area (Å²) in [5.74, 6) is 2.02. The molecule has 3 heteroatoms. The van der Waals surface area contributed by atoms with Gasteiger partial charge in [-0.25, -0.2) is 0 Å². The van der Waals surface area contributed by atoms with E-state index in [4.69, 9.17) is 5.73 Å². The topological polar surface area (TPSA) is 55.1 Å². The molecule has 6 rings (SSSR count). The first kappa shape index (κ1) is 18.4. The van der Waals surface area contributed by atoms with E-state index in [0.717, 1.165) is 51.5 Å². The maximum atomic E-state index is 13.6. The van der Waals surface area contributed by atoms with Crippen molar-refractivity contribution in [3.63, 3.8) is 0 Å². The van der Waals surface area contributed by atoms with Crippen LogP contribution >= 0.6 is 0 Å². The Hall–Kier alpha value is -1.61. The molecule has 0 saturated heterocycles. The molecule has 28 heavy (non-hydrogen) atoms. The number of hydrogen-bond donors (Lipinski definition) is 2. The van der Waals surface area contributed by atoms with E-state index < -0.39 is 0 Å². The molecule has 4 bridgehead atoms. The molecule has 0 spiro atoms. The summed E-state index contributed by atoms with van der Waals surface area (Å²) in [6.45, 7) is 5.25. The van der Waals surface area contributed by atoms with Crippen molar-refractivity contribution in [3.8, 4) is 0 Å². The number of rotatable bonds is 4. The summed E-state index contributed by atoms with van der Waals surface area (Å²) in [4.78, 5) is 13.6. The van der Waals surface area contributed by atoms with Crippen LogP contribution < -0.4 is 11.1 Å². The molecule has 2 unspecified atom stereocenters. The SMILES string of the molecule is C=C1C2CC3(C(=O)N[C@H]4CC[C@H](CN)CC4)CC1CC(c1ccccc1)(C2)C3. The lowest BCUT2D eigenvalue weighted by atomic mass is 9.41. The average Bonchev–Trinajstić information content (AvgIpc) is 2.72. The van der Waals surface area contributed by atoms with Gasteiger partial charge in [0.1, 0.15) is 0 Å². The van der Waals surface area contributed by atoms with E-state index in [9.17, 15) is 4.79 Å². The van der Waals surface area contributed by atoms with Crippen LogP contribution in [0.15, 0.2) is 42.5 Å². The summed E-state index contributed by atoms with van der Waals surface area (Å²) in [6.07, 6.45) is 9.91. The second-order valence-electron chi connectivity index (χ2n) is 10.3. The minimum absolute atomic E-state index is 0.169. The number of benzene rings is 1. The van der Waals surface area contributed by atoms with Crippen molar-refractivity contribution in [2.24, 2.45) is 28.9 Å². The summed E-state index contributed by atoms with van der Waals surface area (Å²) in [5.41, 5.74) is 8.69. The van der Waals surface area contributed by atoms with E-state index >= 15 is 0 Å². The summed E-state index contributed by atoms with van der Waals surface area (Å²) in [7, 11) is 0. The molecule has 0 heterocycles. The summed E-state index contributed by atoms with van der Waals surface area (Å²) >= 11 is 0. The van der Waals surface area contributed by atoms with Gasteiger partial charge in [0.15, 0.2) is 0 Å². The van der Waals surface area contributed by atoms with E-state index in [1.54, 1.807) is 0 Å². The molecular weight excluding hydrogens is 344 g/mol. The van der Waals surface area contributed by atoms with Crippen LogP contribution in [0.4, 0.5) is 0 Å². The molecule has 3 nitrogen and oxygen atoms in total. The van der Waals surface area contributed by atoms with Gasteiger partial charge < -0.3 is 11.1 Å². The van der Waals surface area contributed by atoms with E-state index in [1.165, 1.54) is 24.0 Å². The standard InChI is InChI=1S/C25H34N2O/c1-17-19-11-24(21-5-3-2-4-6-21)12-20(17)14-25(13-19,16-24)23(28)27-22-9-7-18(15-26)8-10-22/h2-6,18-20,22H,1,7-16,26H2,(H,27,28)/t18-,19?,20?,22-,24?,25?. The highest BCUT2D eigenvalue weighted by Gasteiger charge is 2.62. The van der Waals surface area contributed by atoms with Crippen LogP contribution in [-0.4, -0.2) is 18.5 Å². The van der Waals surface area contributed by atoms with Crippen LogP contribution in [0.3, 0.4) is 0 Å². The molecule has 1 aromatic rings. The lowest BCUT2D eigenvalue weighted by Crippen LogP contribution is -2.60. The van der Waals surface area contributed by atoms with Crippen molar-refractivity contribution < 1.29 is 4.79 Å². The maximum absolute atomic E-state index is 13.6. The van der Waals surface area contributed by atoms with Crippen LogP contribution in [0.1, 0.15) is 63.4 Å². The molecule has 5 saturated carbocycles. The normalized spacial score (nSPS) is 41.8. The van der Waals surface area contributed by atoms with Gasteiger partial charge in [-0.15, -0.1) is 0 Å². The highest BCUT2D eigenvalue weighted by Crippen LogP contribution is 2.67. The van der Waals surface area contributed by atoms with Crippen molar-refractivity contribution in [1.29, 1.82) is 0 Å². The Bertz CT molecular complexity index is 744.